The normalized spacial score (nSPS) is 10.7. The van der Waals surface area contributed by atoms with Gasteiger partial charge in [-0.25, -0.2) is 0 Å². The highest BCUT2D eigenvalue weighted by Crippen LogP contribution is 2.26. The second kappa shape index (κ2) is 5.89. The van der Waals surface area contributed by atoms with E-state index in [0.29, 0.717) is 4.77 Å². The molecule has 1 aromatic heterocycles. The smallest absolute Gasteiger partial charge is 0.251 e. The van der Waals surface area contributed by atoms with E-state index >= 15 is 0 Å². The molecule has 104 valence electrons. The summed E-state index contributed by atoms with van der Waals surface area (Å²) < 4.78 is 2.32. The van der Waals surface area contributed by atoms with Gasteiger partial charge in [0.2, 0.25) is 0 Å². The highest BCUT2D eigenvalue weighted by Gasteiger charge is 2.15. The van der Waals surface area contributed by atoms with Gasteiger partial charge in [0.1, 0.15) is 0 Å². The van der Waals surface area contributed by atoms with Crippen LogP contribution in [0.15, 0.2) is 77.7 Å². The average molecular weight is 294 g/mol. The molecular weight excluding hydrogens is 280 g/mol. The van der Waals surface area contributed by atoms with Crippen LogP contribution in [0.4, 0.5) is 0 Å². The summed E-state index contributed by atoms with van der Waals surface area (Å²) in [5, 5.41) is 0. The Labute approximate surface area is 127 Å². The first-order valence-electron chi connectivity index (χ1n) is 6.67. The Morgan fingerprint density at radius 3 is 1.86 bits per heavy atom. The fourth-order valence-corrected chi connectivity index (χ4v) is 2.68. The van der Waals surface area contributed by atoms with Crippen molar-refractivity contribution in [3.05, 3.63) is 99.2 Å². The summed E-state index contributed by atoms with van der Waals surface area (Å²) in [7, 11) is 0. The number of nitrogens with one attached hydrogen (secondary N) is 1. The first-order valence-corrected chi connectivity index (χ1v) is 7.08. The van der Waals surface area contributed by atoms with E-state index in [2.05, 4.69) is 29.2 Å². The van der Waals surface area contributed by atoms with Gasteiger partial charge in [-0.05, 0) is 23.3 Å². The van der Waals surface area contributed by atoms with Crippen molar-refractivity contribution in [1.29, 1.82) is 0 Å². The lowest BCUT2D eigenvalue weighted by atomic mass is 9.98. The molecule has 0 aliphatic rings. The van der Waals surface area contributed by atoms with Crippen LogP contribution in [0.1, 0.15) is 17.2 Å². The molecule has 1 heterocycles. The molecule has 21 heavy (non-hydrogen) atoms. The van der Waals surface area contributed by atoms with E-state index in [1.165, 1.54) is 6.07 Å². The van der Waals surface area contributed by atoms with Gasteiger partial charge in [0.05, 0.1) is 6.04 Å². The van der Waals surface area contributed by atoms with Crippen molar-refractivity contribution < 1.29 is 0 Å². The number of nitrogens with zero attached hydrogens (tertiary/aromatic N) is 1. The van der Waals surface area contributed by atoms with Gasteiger partial charge in [-0.1, -0.05) is 60.7 Å². The number of aromatic amines is 1. The molecule has 1 N–H and O–H groups in total. The molecule has 3 aromatic rings. The minimum absolute atomic E-state index is 0.0586. The molecule has 0 aliphatic heterocycles. The molecule has 2 aromatic carbocycles. The van der Waals surface area contributed by atoms with Gasteiger partial charge in [-0.2, -0.15) is 0 Å². The van der Waals surface area contributed by atoms with Crippen LogP contribution in [0.25, 0.3) is 0 Å². The molecule has 0 atom stereocenters. The Kier molecular flexibility index (Phi) is 3.79. The van der Waals surface area contributed by atoms with Gasteiger partial charge in [-0.3, -0.25) is 9.78 Å². The van der Waals surface area contributed by atoms with Crippen LogP contribution in [-0.4, -0.2) is 9.55 Å². The quantitative estimate of drug-likeness (QED) is 0.750. The molecular formula is C17H14N2OS. The number of aromatic nitrogens is 2. The summed E-state index contributed by atoms with van der Waals surface area (Å²) in [6, 6.07) is 21.6. The highest BCUT2D eigenvalue weighted by molar-refractivity contribution is 7.71. The molecule has 0 fully saturated rings. The van der Waals surface area contributed by atoms with E-state index in [4.69, 9.17) is 12.2 Å². The van der Waals surface area contributed by atoms with Crippen molar-refractivity contribution in [1.82, 2.24) is 9.55 Å². The molecule has 0 unspecified atom stereocenters. The fourth-order valence-electron chi connectivity index (χ4n) is 2.41. The maximum atomic E-state index is 11.4. The average Bonchev–Trinajstić information content (AvgIpc) is 2.52. The van der Waals surface area contributed by atoms with Crippen LogP contribution < -0.4 is 5.56 Å². The standard InChI is InChI=1S/C17H14N2OS/c20-15-11-12-19(17(21)18-15)16(13-7-3-1-4-8-13)14-9-5-2-6-10-14/h1-12,16H,(H,18,20,21). The summed E-state index contributed by atoms with van der Waals surface area (Å²) >= 11 is 5.32. The third-order valence-electron chi connectivity index (χ3n) is 3.36. The molecule has 0 amide bonds. The van der Waals surface area contributed by atoms with Gasteiger partial charge in [0.25, 0.3) is 5.56 Å². The van der Waals surface area contributed by atoms with E-state index in [1.54, 1.807) is 6.20 Å². The third-order valence-corrected chi connectivity index (χ3v) is 3.67. The van der Waals surface area contributed by atoms with Gasteiger partial charge in [-0.15, -0.1) is 0 Å². The van der Waals surface area contributed by atoms with Crippen LogP contribution in [0, 0.1) is 4.77 Å². The lowest BCUT2D eigenvalue weighted by Crippen LogP contribution is -2.18. The molecule has 0 spiro atoms. The van der Waals surface area contributed by atoms with E-state index in [9.17, 15) is 4.79 Å². The van der Waals surface area contributed by atoms with Gasteiger partial charge in [0.15, 0.2) is 4.77 Å². The first kappa shape index (κ1) is 13.5. The van der Waals surface area contributed by atoms with Crippen molar-refractivity contribution >= 4 is 12.2 Å². The molecule has 0 saturated carbocycles. The lowest BCUT2D eigenvalue weighted by Gasteiger charge is -2.21. The largest absolute Gasteiger partial charge is 0.314 e. The van der Waals surface area contributed by atoms with Gasteiger partial charge < -0.3 is 4.57 Å². The molecule has 3 rings (SSSR count). The predicted octanol–water partition coefficient (Wildman–Crippen LogP) is 3.54. The minimum atomic E-state index is -0.184. The number of H-pyrrole nitrogens is 1. The Balaban J connectivity index is 2.22. The molecule has 0 bridgehead atoms. The summed E-state index contributed by atoms with van der Waals surface area (Å²) in [5.74, 6) is 0. The Hall–Kier alpha value is -2.46. The molecule has 0 aliphatic carbocycles. The van der Waals surface area contributed by atoms with E-state index < -0.39 is 0 Å². The van der Waals surface area contributed by atoms with E-state index in [1.807, 2.05) is 41.0 Å². The fraction of sp³-hybridized carbons (Fsp3) is 0.0588. The van der Waals surface area contributed by atoms with Crippen molar-refractivity contribution in [3.63, 3.8) is 0 Å². The van der Waals surface area contributed by atoms with Gasteiger partial charge in [0, 0.05) is 12.3 Å². The summed E-state index contributed by atoms with van der Waals surface area (Å²) in [6.07, 6.45) is 1.74. The summed E-state index contributed by atoms with van der Waals surface area (Å²) in [6.45, 7) is 0. The van der Waals surface area contributed by atoms with Crippen LogP contribution in [0.5, 0.6) is 0 Å². The molecule has 4 heteroatoms. The third kappa shape index (κ3) is 2.85. The van der Waals surface area contributed by atoms with Crippen LogP contribution in [-0.2, 0) is 0 Å². The summed E-state index contributed by atoms with van der Waals surface area (Å²) in [5.41, 5.74) is 2.05. The van der Waals surface area contributed by atoms with Crippen LogP contribution in [0.3, 0.4) is 0 Å². The first-order chi connectivity index (χ1) is 10.3. The van der Waals surface area contributed by atoms with E-state index in [0.717, 1.165) is 11.1 Å². The second-order valence-corrected chi connectivity index (χ2v) is 5.13. The monoisotopic (exact) mass is 294 g/mol. The second-order valence-electron chi connectivity index (χ2n) is 4.74. The zero-order valence-corrected chi connectivity index (χ0v) is 12.1. The lowest BCUT2D eigenvalue weighted by molar-refractivity contribution is 0.644. The van der Waals surface area contributed by atoms with Crippen molar-refractivity contribution in [2.45, 2.75) is 6.04 Å². The van der Waals surface area contributed by atoms with Crippen molar-refractivity contribution in [2.75, 3.05) is 0 Å². The number of hydrogen-bond acceptors (Lipinski definition) is 2. The maximum absolute atomic E-state index is 11.4. The topological polar surface area (TPSA) is 37.8 Å². The Bertz CT molecular complexity index is 798. The number of hydrogen-bond donors (Lipinski definition) is 1. The Morgan fingerprint density at radius 2 is 1.38 bits per heavy atom. The minimum Gasteiger partial charge on any atom is -0.314 e. The van der Waals surface area contributed by atoms with Crippen LogP contribution in [0.2, 0.25) is 0 Å². The summed E-state index contributed by atoms with van der Waals surface area (Å²) in [4.78, 5) is 14.1. The molecule has 0 radical (unpaired) electrons. The highest BCUT2D eigenvalue weighted by atomic mass is 32.1. The van der Waals surface area contributed by atoms with Crippen LogP contribution >= 0.6 is 12.2 Å². The molecule has 3 nitrogen and oxygen atoms in total. The SMILES string of the molecule is O=c1ccn(C(c2ccccc2)c2ccccc2)c(=S)[nH]1. The van der Waals surface area contributed by atoms with E-state index in [-0.39, 0.29) is 11.6 Å². The number of benzene rings is 2. The van der Waals surface area contributed by atoms with Crippen molar-refractivity contribution in [3.8, 4) is 0 Å². The zero-order valence-electron chi connectivity index (χ0n) is 11.3. The number of rotatable bonds is 3. The van der Waals surface area contributed by atoms with Crippen molar-refractivity contribution in [2.24, 2.45) is 0 Å². The molecule has 0 saturated heterocycles. The van der Waals surface area contributed by atoms with Gasteiger partial charge >= 0.3 is 0 Å². The Morgan fingerprint density at radius 1 is 0.857 bits per heavy atom. The zero-order chi connectivity index (χ0) is 14.7. The predicted molar refractivity (Wildman–Crippen MR) is 86.0 cm³/mol. The maximum Gasteiger partial charge on any atom is 0.251 e.